The summed E-state index contributed by atoms with van der Waals surface area (Å²) in [7, 11) is 0. The number of pyridine rings is 2. The number of aromatic nitrogens is 3. The Kier molecular flexibility index (Phi) is 4.15. The van der Waals surface area contributed by atoms with E-state index in [1.165, 1.54) is 24.3 Å². The van der Waals surface area contributed by atoms with E-state index in [0.717, 1.165) is 27.7 Å². The van der Waals surface area contributed by atoms with Crippen molar-refractivity contribution in [3.8, 4) is 11.1 Å². The fourth-order valence-corrected chi connectivity index (χ4v) is 2.81. The molecular formula is C20H15FN4O. The van der Waals surface area contributed by atoms with E-state index < -0.39 is 0 Å². The van der Waals surface area contributed by atoms with Gasteiger partial charge in [-0.3, -0.25) is 9.78 Å². The third kappa shape index (κ3) is 3.30. The van der Waals surface area contributed by atoms with E-state index in [9.17, 15) is 9.18 Å². The summed E-state index contributed by atoms with van der Waals surface area (Å²) in [6.45, 7) is 0. The third-order valence-electron chi connectivity index (χ3n) is 4.09. The Labute approximate surface area is 148 Å². The van der Waals surface area contributed by atoms with Crippen molar-refractivity contribution in [2.45, 2.75) is 6.42 Å². The SMILES string of the molecule is O=C(Cc1c[nH]c2ncc(-c3cccnc3)cc12)Nc1ccc(F)cc1. The highest BCUT2D eigenvalue weighted by atomic mass is 19.1. The number of halogens is 1. The van der Waals surface area contributed by atoms with Gasteiger partial charge >= 0.3 is 0 Å². The van der Waals surface area contributed by atoms with Crippen LogP contribution >= 0.6 is 0 Å². The van der Waals surface area contributed by atoms with Crippen LogP contribution in [0.4, 0.5) is 10.1 Å². The molecule has 6 heteroatoms. The summed E-state index contributed by atoms with van der Waals surface area (Å²) in [4.78, 5) is 24.0. The number of carbonyl (C=O) groups excluding carboxylic acids is 1. The highest BCUT2D eigenvalue weighted by Crippen LogP contribution is 2.24. The van der Waals surface area contributed by atoms with Gasteiger partial charge in [-0.1, -0.05) is 6.07 Å². The molecule has 2 N–H and O–H groups in total. The van der Waals surface area contributed by atoms with E-state index >= 15 is 0 Å². The van der Waals surface area contributed by atoms with Crippen molar-refractivity contribution in [3.05, 3.63) is 78.6 Å². The molecule has 4 rings (SSSR count). The van der Waals surface area contributed by atoms with E-state index in [1.54, 1.807) is 24.8 Å². The van der Waals surface area contributed by atoms with E-state index in [-0.39, 0.29) is 18.1 Å². The topological polar surface area (TPSA) is 70.7 Å². The van der Waals surface area contributed by atoms with Crippen LogP contribution in [0.15, 0.2) is 67.3 Å². The van der Waals surface area contributed by atoms with Crippen molar-refractivity contribution < 1.29 is 9.18 Å². The third-order valence-corrected chi connectivity index (χ3v) is 4.09. The number of benzene rings is 1. The molecular weight excluding hydrogens is 331 g/mol. The summed E-state index contributed by atoms with van der Waals surface area (Å²) < 4.78 is 13.0. The van der Waals surface area contributed by atoms with Crippen LogP contribution in [0, 0.1) is 5.82 Å². The van der Waals surface area contributed by atoms with E-state index in [4.69, 9.17) is 0 Å². The van der Waals surface area contributed by atoms with Crippen molar-refractivity contribution in [1.29, 1.82) is 0 Å². The summed E-state index contributed by atoms with van der Waals surface area (Å²) in [5.41, 5.74) is 4.03. The van der Waals surface area contributed by atoms with Gasteiger partial charge in [-0.15, -0.1) is 0 Å². The van der Waals surface area contributed by atoms with Gasteiger partial charge in [0.2, 0.25) is 5.91 Å². The predicted molar refractivity (Wildman–Crippen MR) is 98.1 cm³/mol. The van der Waals surface area contributed by atoms with Crippen LogP contribution < -0.4 is 5.32 Å². The highest BCUT2D eigenvalue weighted by molar-refractivity contribution is 5.95. The van der Waals surface area contributed by atoms with Gasteiger partial charge in [-0.2, -0.15) is 0 Å². The number of fused-ring (bicyclic) bond motifs is 1. The molecule has 0 bridgehead atoms. The second-order valence-electron chi connectivity index (χ2n) is 5.91. The van der Waals surface area contributed by atoms with Crippen molar-refractivity contribution in [2.24, 2.45) is 0 Å². The van der Waals surface area contributed by atoms with Crippen LogP contribution in [0.1, 0.15) is 5.56 Å². The Bertz CT molecular complexity index is 1060. The first-order valence-corrected chi connectivity index (χ1v) is 8.11. The van der Waals surface area contributed by atoms with Crippen molar-refractivity contribution in [3.63, 3.8) is 0 Å². The fraction of sp³-hybridized carbons (Fsp3) is 0.0500. The molecule has 26 heavy (non-hydrogen) atoms. The quantitative estimate of drug-likeness (QED) is 0.588. The van der Waals surface area contributed by atoms with Crippen molar-refractivity contribution in [1.82, 2.24) is 15.0 Å². The molecule has 0 atom stereocenters. The molecule has 1 amide bonds. The van der Waals surface area contributed by atoms with Gasteiger partial charge in [0.1, 0.15) is 11.5 Å². The smallest absolute Gasteiger partial charge is 0.228 e. The van der Waals surface area contributed by atoms with Crippen LogP contribution in [0.2, 0.25) is 0 Å². The summed E-state index contributed by atoms with van der Waals surface area (Å²) in [5, 5.41) is 3.66. The van der Waals surface area contributed by atoms with Gasteiger partial charge < -0.3 is 10.3 Å². The first-order chi connectivity index (χ1) is 12.7. The first-order valence-electron chi connectivity index (χ1n) is 8.11. The maximum absolute atomic E-state index is 13.0. The standard InChI is InChI=1S/C20H15FN4O/c21-16-3-5-17(6-4-16)25-19(26)9-15-12-24-20-18(15)8-14(11-23-20)13-2-1-7-22-10-13/h1-8,10-12H,9H2,(H,23,24)(H,25,26). The molecule has 3 heterocycles. The maximum Gasteiger partial charge on any atom is 0.228 e. The minimum Gasteiger partial charge on any atom is -0.346 e. The van der Waals surface area contributed by atoms with Crippen LogP contribution in [0.3, 0.4) is 0 Å². The van der Waals surface area contributed by atoms with Gasteiger partial charge in [0, 0.05) is 47.0 Å². The first kappa shape index (κ1) is 16.0. The number of hydrogen-bond acceptors (Lipinski definition) is 3. The largest absolute Gasteiger partial charge is 0.346 e. The molecule has 0 unspecified atom stereocenters. The molecule has 0 aliphatic rings. The van der Waals surface area contributed by atoms with Crippen LogP contribution in [-0.2, 0) is 11.2 Å². The summed E-state index contributed by atoms with van der Waals surface area (Å²) in [6, 6.07) is 11.5. The molecule has 0 saturated carbocycles. The molecule has 5 nitrogen and oxygen atoms in total. The molecule has 1 aromatic carbocycles. The van der Waals surface area contributed by atoms with Gasteiger partial charge in [0.15, 0.2) is 0 Å². The Hall–Kier alpha value is -3.54. The number of nitrogens with one attached hydrogen (secondary N) is 2. The number of amides is 1. The molecule has 3 aromatic heterocycles. The summed E-state index contributed by atoms with van der Waals surface area (Å²) in [6.07, 6.45) is 7.25. The molecule has 128 valence electrons. The Morgan fingerprint density at radius 3 is 2.73 bits per heavy atom. The molecule has 0 fully saturated rings. The van der Waals surface area contributed by atoms with Crippen molar-refractivity contribution >= 4 is 22.6 Å². The zero-order valence-corrected chi connectivity index (χ0v) is 13.7. The van der Waals surface area contributed by atoms with Crippen LogP contribution in [0.25, 0.3) is 22.2 Å². The molecule has 0 aliphatic heterocycles. The lowest BCUT2D eigenvalue weighted by atomic mass is 10.1. The predicted octanol–water partition coefficient (Wildman–Crippen LogP) is 3.95. The zero-order valence-electron chi connectivity index (χ0n) is 13.7. The van der Waals surface area contributed by atoms with Crippen molar-refractivity contribution in [2.75, 3.05) is 5.32 Å². The Morgan fingerprint density at radius 1 is 1.12 bits per heavy atom. The molecule has 0 spiro atoms. The maximum atomic E-state index is 13.0. The second-order valence-corrected chi connectivity index (χ2v) is 5.91. The highest BCUT2D eigenvalue weighted by Gasteiger charge is 2.11. The van der Waals surface area contributed by atoms with Crippen LogP contribution in [-0.4, -0.2) is 20.9 Å². The van der Waals surface area contributed by atoms with Crippen LogP contribution in [0.5, 0.6) is 0 Å². The lowest BCUT2D eigenvalue weighted by Gasteiger charge is -2.05. The number of rotatable bonds is 4. The lowest BCUT2D eigenvalue weighted by molar-refractivity contribution is -0.115. The fourth-order valence-electron chi connectivity index (χ4n) is 2.81. The average molecular weight is 346 g/mol. The molecule has 4 aromatic rings. The van der Waals surface area contributed by atoms with Gasteiger partial charge in [0.25, 0.3) is 0 Å². The minimum absolute atomic E-state index is 0.177. The van der Waals surface area contributed by atoms with Gasteiger partial charge in [-0.05, 0) is 42.0 Å². The molecule has 0 saturated heterocycles. The zero-order chi connectivity index (χ0) is 17.9. The number of carbonyl (C=O) groups is 1. The number of H-pyrrole nitrogens is 1. The number of nitrogens with zero attached hydrogens (tertiary/aromatic N) is 2. The monoisotopic (exact) mass is 346 g/mol. The Balaban J connectivity index is 1.58. The summed E-state index contributed by atoms with van der Waals surface area (Å²) in [5.74, 6) is -0.516. The van der Waals surface area contributed by atoms with E-state index in [0.29, 0.717) is 5.69 Å². The second kappa shape index (κ2) is 6.76. The number of anilines is 1. The Morgan fingerprint density at radius 2 is 1.96 bits per heavy atom. The minimum atomic E-state index is -0.339. The number of aromatic amines is 1. The van der Waals surface area contributed by atoms with E-state index in [2.05, 4.69) is 20.3 Å². The molecule has 0 aliphatic carbocycles. The normalized spacial score (nSPS) is 10.8. The van der Waals surface area contributed by atoms with E-state index in [1.807, 2.05) is 18.2 Å². The molecule has 0 radical (unpaired) electrons. The number of hydrogen-bond donors (Lipinski definition) is 2. The van der Waals surface area contributed by atoms with Gasteiger partial charge in [0.05, 0.1) is 6.42 Å². The van der Waals surface area contributed by atoms with Gasteiger partial charge in [-0.25, -0.2) is 9.37 Å². The average Bonchev–Trinajstić information content (AvgIpc) is 3.06. The summed E-state index contributed by atoms with van der Waals surface area (Å²) >= 11 is 0. The lowest BCUT2D eigenvalue weighted by Crippen LogP contribution is -2.14.